The fourth-order valence-corrected chi connectivity index (χ4v) is 3.13. The molecular weight excluding hydrogens is 294 g/mol. The molecule has 122 valence electrons. The molecule has 2 aromatic carbocycles. The molecule has 0 amide bonds. The molecule has 1 aliphatic heterocycles. The van der Waals surface area contributed by atoms with Gasteiger partial charge in [-0.15, -0.1) is 0 Å². The molecule has 1 heterocycles. The van der Waals surface area contributed by atoms with Crippen molar-refractivity contribution in [2.45, 2.75) is 13.8 Å². The second kappa shape index (κ2) is 6.98. The molecule has 0 bridgehead atoms. The summed E-state index contributed by atoms with van der Waals surface area (Å²) in [5.41, 5.74) is 6.29. The summed E-state index contributed by atoms with van der Waals surface area (Å²) in [4.78, 5) is 15.1. The summed E-state index contributed by atoms with van der Waals surface area (Å²) in [6.07, 6.45) is 4.05. The van der Waals surface area contributed by atoms with E-state index in [0.717, 1.165) is 22.3 Å². The zero-order chi connectivity index (χ0) is 17.1. The number of aryl methyl sites for hydroxylation is 2. The van der Waals surface area contributed by atoms with Crippen LogP contribution in [0.4, 0.5) is 0 Å². The molecule has 1 aliphatic rings. The maximum Gasteiger partial charge on any atom is 0.187 e. The van der Waals surface area contributed by atoms with Crippen LogP contribution in [0.5, 0.6) is 0 Å². The summed E-state index contributed by atoms with van der Waals surface area (Å²) in [5.74, 6) is 0.163. The number of rotatable bonds is 2. The SMILES string of the molecule is Cc1cccc(C=C2CN(C)CC(=Cc3cccc(C)c3)C2=O)c1. The lowest BCUT2D eigenvalue weighted by molar-refractivity contribution is -0.113. The fraction of sp³-hybridized carbons (Fsp3) is 0.227. The molecule has 0 N–H and O–H groups in total. The van der Waals surface area contributed by atoms with Gasteiger partial charge in [0.25, 0.3) is 0 Å². The predicted octanol–water partition coefficient (Wildman–Crippen LogP) is 4.28. The number of hydrogen-bond acceptors (Lipinski definition) is 2. The van der Waals surface area contributed by atoms with Crippen LogP contribution in [0.1, 0.15) is 22.3 Å². The molecule has 0 radical (unpaired) electrons. The Morgan fingerprint density at radius 3 is 1.71 bits per heavy atom. The maximum absolute atomic E-state index is 12.9. The third-order valence-corrected chi connectivity index (χ3v) is 4.23. The number of likely N-dealkylation sites (N-methyl/N-ethyl adjacent to an activating group) is 1. The lowest BCUT2D eigenvalue weighted by Crippen LogP contribution is -2.34. The zero-order valence-corrected chi connectivity index (χ0v) is 14.5. The van der Waals surface area contributed by atoms with Gasteiger partial charge in [-0.25, -0.2) is 0 Å². The van der Waals surface area contributed by atoms with E-state index in [4.69, 9.17) is 0 Å². The predicted molar refractivity (Wildman–Crippen MR) is 101 cm³/mol. The van der Waals surface area contributed by atoms with E-state index in [2.05, 4.69) is 50.1 Å². The van der Waals surface area contributed by atoms with Crippen molar-refractivity contribution in [2.24, 2.45) is 0 Å². The molecular formula is C22H23NO. The van der Waals surface area contributed by atoms with E-state index in [0.29, 0.717) is 13.1 Å². The summed E-state index contributed by atoms with van der Waals surface area (Å²) in [7, 11) is 2.06. The highest BCUT2D eigenvalue weighted by molar-refractivity contribution is 6.14. The van der Waals surface area contributed by atoms with E-state index in [1.807, 2.05) is 36.4 Å². The van der Waals surface area contributed by atoms with Gasteiger partial charge in [0.05, 0.1) is 0 Å². The van der Waals surface area contributed by atoms with Gasteiger partial charge in [-0.2, -0.15) is 0 Å². The Hall–Kier alpha value is -2.45. The normalized spacial score (nSPS) is 19.2. The molecule has 1 saturated heterocycles. The van der Waals surface area contributed by atoms with Crippen molar-refractivity contribution in [3.63, 3.8) is 0 Å². The number of piperidine rings is 1. The van der Waals surface area contributed by atoms with Crippen LogP contribution in [0.15, 0.2) is 59.7 Å². The second-order valence-corrected chi connectivity index (χ2v) is 6.67. The number of carbonyl (C=O) groups is 1. The first-order chi connectivity index (χ1) is 11.5. The molecule has 2 nitrogen and oxygen atoms in total. The van der Waals surface area contributed by atoms with E-state index >= 15 is 0 Å². The molecule has 1 fully saturated rings. The van der Waals surface area contributed by atoms with Crippen LogP contribution < -0.4 is 0 Å². The summed E-state index contributed by atoms with van der Waals surface area (Å²) in [5, 5.41) is 0. The molecule has 2 heteroatoms. The molecule has 0 aliphatic carbocycles. The monoisotopic (exact) mass is 317 g/mol. The molecule has 0 spiro atoms. The van der Waals surface area contributed by atoms with E-state index in [1.165, 1.54) is 11.1 Å². The molecule has 0 atom stereocenters. The Labute approximate surface area is 144 Å². The van der Waals surface area contributed by atoms with Crippen molar-refractivity contribution in [3.05, 3.63) is 81.9 Å². The van der Waals surface area contributed by atoms with Crippen LogP contribution >= 0.6 is 0 Å². The van der Waals surface area contributed by atoms with Crippen molar-refractivity contribution in [3.8, 4) is 0 Å². The Kier molecular flexibility index (Phi) is 4.77. The van der Waals surface area contributed by atoms with Crippen LogP contribution in [0.3, 0.4) is 0 Å². The second-order valence-electron chi connectivity index (χ2n) is 6.67. The van der Waals surface area contributed by atoms with E-state index < -0.39 is 0 Å². The average Bonchev–Trinajstić information content (AvgIpc) is 2.52. The average molecular weight is 317 g/mol. The smallest absolute Gasteiger partial charge is 0.187 e. The minimum absolute atomic E-state index is 0.163. The number of hydrogen-bond donors (Lipinski definition) is 0. The lowest BCUT2D eigenvalue weighted by atomic mass is 9.94. The summed E-state index contributed by atoms with van der Waals surface area (Å²) in [6.45, 7) is 5.52. The minimum Gasteiger partial charge on any atom is -0.298 e. The van der Waals surface area contributed by atoms with Gasteiger partial charge in [0.1, 0.15) is 0 Å². The zero-order valence-electron chi connectivity index (χ0n) is 14.5. The van der Waals surface area contributed by atoms with Gasteiger partial charge in [-0.1, -0.05) is 59.7 Å². The van der Waals surface area contributed by atoms with Gasteiger partial charge in [-0.3, -0.25) is 9.69 Å². The fourth-order valence-electron chi connectivity index (χ4n) is 3.13. The first kappa shape index (κ1) is 16.4. The van der Waals surface area contributed by atoms with Gasteiger partial charge in [0.2, 0.25) is 0 Å². The number of carbonyl (C=O) groups excluding carboxylic acids is 1. The molecule has 2 aromatic rings. The van der Waals surface area contributed by atoms with E-state index in [9.17, 15) is 4.79 Å². The Morgan fingerprint density at radius 2 is 1.29 bits per heavy atom. The quantitative estimate of drug-likeness (QED) is 0.770. The number of ketones is 1. The third kappa shape index (κ3) is 3.90. The van der Waals surface area contributed by atoms with Crippen LogP contribution in [-0.4, -0.2) is 30.8 Å². The van der Waals surface area contributed by atoms with Crippen LogP contribution in [0, 0.1) is 13.8 Å². The van der Waals surface area contributed by atoms with Gasteiger partial charge in [0, 0.05) is 24.2 Å². The third-order valence-electron chi connectivity index (χ3n) is 4.23. The summed E-state index contributed by atoms with van der Waals surface area (Å²) < 4.78 is 0. The molecule has 0 saturated carbocycles. The summed E-state index contributed by atoms with van der Waals surface area (Å²) >= 11 is 0. The van der Waals surface area contributed by atoms with Crippen molar-refractivity contribution >= 4 is 17.9 Å². The first-order valence-electron chi connectivity index (χ1n) is 8.29. The standard InChI is InChI=1S/C22H23NO/c1-16-6-4-8-18(10-16)12-20-14-23(3)15-21(22(20)24)13-19-9-5-7-17(2)11-19/h4-13H,14-15H2,1-3H3. The molecule has 0 unspecified atom stereocenters. The van der Waals surface area contributed by atoms with Crippen LogP contribution in [0.2, 0.25) is 0 Å². The highest BCUT2D eigenvalue weighted by Crippen LogP contribution is 2.21. The van der Waals surface area contributed by atoms with E-state index in [-0.39, 0.29) is 5.78 Å². The minimum atomic E-state index is 0.163. The lowest BCUT2D eigenvalue weighted by Gasteiger charge is -2.26. The Balaban J connectivity index is 1.94. The van der Waals surface area contributed by atoms with Crippen LogP contribution in [-0.2, 0) is 4.79 Å². The van der Waals surface area contributed by atoms with Gasteiger partial charge >= 0.3 is 0 Å². The highest BCUT2D eigenvalue weighted by atomic mass is 16.1. The van der Waals surface area contributed by atoms with Gasteiger partial charge < -0.3 is 0 Å². The van der Waals surface area contributed by atoms with Crippen molar-refractivity contribution < 1.29 is 4.79 Å². The highest BCUT2D eigenvalue weighted by Gasteiger charge is 2.23. The number of benzene rings is 2. The Bertz CT molecular complexity index is 762. The number of Topliss-reactive ketones (excluding diaryl/α,β-unsaturated/α-hetero) is 1. The van der Waals surface area contributed by atoms with Crippen LogP contribution in [0.25, 0.3) is 12.2 Å². The number of likely N-dealkylation sites (tertiary alicyclic amines) is 1. The molecule has 3 rings (SSSR count). The van der Waals surface area contributed by atoms with Crippen molar-refractivity contribution in [1.29, 1.82) is 0 Å². The Morgan fingerprint density at radius 1 is 0.833 bits per heavy atom. The topological polar surface area (TPSA) is 20.3 Å². The maximum atomic E-state index is 12.9. The molecule has 0 aromatic heterocycles. The van der Waals surface area contributed by atoms with Gasteiger partial charge in [-0.05, 0) is 44.2 Å². The molecule has 24 heavy (non-hydrogen) atoms. The van der Waals surface area contributed by atoms with Crippen molar-refractivity contribution in [1.82, 2.24) is 4.90 Å². The van der Waals surface area contributed by atoms with E-state index in [1.54, 1.807) is 0 Å². The van der Waals surface area contributed by atoms with Crippen molar-refractivity contribution in [2.75, 3.05) is 20.1 Å². The largest absolute Gasteiger partial charge is 0.298 e. The van der Waals surface area contributed by atoms with Gasteiger partial charge in [0.15, 0.2) is 5.78 Å². The number of nitrogens with zero attached hydrogens (tertiary/aromatic N) is 1. The first-order valence-corrected chi connectivity index (χ1v) is 8.29. The summed E-state index contributed by atoms with van der Waals surface area (Å²) in [6, 6.07) is 16.5.